The minimum Gasteiger partial charge on any atom is -0.385 e. The number of methoxy groups -OCH3 is 1. The van der Waals surface area contributed by atoms with E-state index in [-0.39, 0.29) is 5.69 Å². The summed E-state index contributed by atoms with van der Waals surface area (Å²) >= 11 is 1.61. The summed E-state index contributed by atoms with van der Waals surface area (Å²) in [5.41, 5.74) is -0.156. The van der Waals surface area contributed by atoms with Gasteiger partial charge in [0.2, 0.25) is 0 Å². The van der Waals surface area contributed by atoms with E-state index in [4.69, 9.17) is 4.74 Å². The molecule has 0 radical (unpaired) electrons. The summed E-state index contributed by atoms with van der Waals surface area (Å²) in [7, 11) is 3.44. The van der Waals surface area contributed by atoms with Gasteiger partial charge in [0, 0.05) is 26.5 Å². The molecule has 1 aromatic heterocycles. The maximum atomic E-state index is 11.0. The van der Waals surface area contributed by atoms with E-state index in [1.165, 1.54) is 4.57 Å². The summed E-state index contributed by atoms with van der Waals surface area (Å²) in [4.78, 5) is 11.0. The quantitative estimate of drug-likeness (QED) is 0.562. The van der Waals surface area contributed by atoms with Crippen molar-refractivity contribution in [3.8, 4) is 0 Å². The van der Waals surface area contributed by atoms with Gasteiger partial charge in [0.05, 0.1) is 0 Å². The first-order valence-electron chi connectivity index (χ1n) is 4.99. The molecule has 0 aliphatic rings. The van der Waals surface area contributed by atoms with Gasteiger partial charge in [-0.05, 0) is 12.8 Å². The molecule has 1 aromatic rings. The van der Waals surface area contributed by atoms with Gasteiger partial charge in [-0.2, -0.15) is 0 Å². The topological polar surface area (TPSA) is 59.9 Å². The molecule has 0 saturated carbocycles. The molecule has 0 aliphatic heterocycles. The van der Waals surface area contributed by atoms with Crippen molar-refractivity contribution in [1.29, 1.82) is 0 Å². The standard InChI is InChI=1S/C9H17N3O2S/c1-12-8(13)10-11-9(12)15-7-5-3-4-6-14-2/h3-7H2,1-2H3,(H,10,13). The van der Waals surface area contributed by atoms with Crippen molar-refractivity contribution < 1.29 is 4.74 Å². The minimum absolute atomic E-state index is 0.156. The Balaban J connectivity index is 2.15. The molecule has 0 spiro atoms. The number of aromatic nitrogens is 3. The van der Waals surface area contributed by atoms with Crippen LogP contribution in [0.3, 0.4) is 0 Å². The molecule has 1 rings (SSSR count). The molecule has 0 saturated heterocycles. The van der Waals surface area contributed by atoms with E-state index in [1.807, 2.05) is 0 Å². The van der Waals surface area contributed by atoms with Crippen molar-refractivity contribution in [2.45, 2.75) is 24.4 Å². The zero-order valence-corrected chi connectivity index (χ0v) is 9.97. The van der Waals surface area contributed by atoms with Crippen molar-refractivity contribution >= 4 is 11.8 Å². The molecule has 6 heteroatoms. The summed E-state index contributed by atoms with van der Waals surface area (Å²) in [5.74, 6) is 0.988. The van der Waals surface area contributed by atoms with Crippen LogP contribution in [0.15, 0.2) is 9.95 Å². The Morgan fingerprint density at radius 1 is 1.47 bits per heavy atom. The van der Waals surface area contributed by atoms with Gasteiger partial charge >= 0.3 is 5.69 Å². The molecular weight excluding hydrogens is 214 g/mol. The van der Waals surface area contributed by atoms with Crippen molar-refractivity contribution in [2.75, 3.05) is 19.5 Å². The van der Waals surface area contributed by atoms with Crippen molar-refractivity contribution in [1.82, 2.24) is 14.8 Å². The van der Waals surface area contributed by atoms with Gasteiger partial charge in [0.15, 0.2) is 5.16 Å². The summed E-state index contributed by atoms with van der Waals surface area (Å²) in [6.07, 6.45) is 3.37. The van der Waals surface area contributed by atoms with E-state index in [0.29, 0.717) is 0 Å². The zero-order chi connectivity index (χ0) is 11.1. The number of aromatic amines is 1. The van der Waals surface area contributed by atoms with Gasteiger partial charge in [-0.1, -0.05) is 18.2 Å². The van der Waals surface area contributed by atoms with Crippen LogP contribution >= 0.6 is 11.8 Å². The second-order valence-corrected chi connectivity index (χ2v) is 4.33. The first kappa shape index (κ1) is 12.3. The third kappa shape index (κ3) is 4.09. The lowest BCUT2D eigenvalue weighted by atomic mass is 10.3. The van der Waals surface area contributed by atoms with Gasteiger partial charge < -0.3 is 4.74 Å². The molecule has 15 heavy (non-hydrogen) atoms. The number of hydrogen-bond acceptors (Lipinski definition) is 4. The predicted molar refractivity (Wildman–Crippen MR) is 60.3 cm³/mol. The van der Waals surface area contributed by atoms with Gasteiger partial charge in [0.25, 0.3) is 0 Å². The molecule has 86 valence electrons. The molecule has 1 heterocycles. The smallest absolute Gasteiger partial charge is 0.343 e. The second kappa shape index (κ2) is 6.68. The van der Waals surface area contributed by atoms with Crippen LogP contribution in [-0.2, 0) is 11.8 Å². The average Bonchev–Trinajstić information content (AvgIpc) is 2.54. The fourth-order valence-electron chi connectivity index (χ4n) is 1.15. The van der Waals surface area contributed by atoms with Crippen LogP contribution < -0.4 is 5.69 Å². The molecule has 0 aromatic carbocycles. The molecule has 0 unspecified atom stereocenters. The van der Waals surface area contributed by atoms with Crippen LogP contribution in [0.2, 0.25) is 0 Å². The zero-order valence-electron chi connectivity index (χ0n) is 9.15. The predicted octanol–water partition coefficient (Wildman–Crippen LogP) is 1.02. The summed E-state index contributed by atoms with van der Waals surface area (Å²) < 4.78 is 6.49. The highest BCUT2D eigenvalue weighted by molar-refractivity contribution is 7.99. The van der Waals surface area contributed by atoms with E-state index in [0.717, 1.165) is 36.8 Å². The maximum Gasteiger partial charge on any atom is 0.343 e. The number of rotatable bonds is 7. The lowest BCUT2D eigenvalue weighted by Gasteiger charge is -2.00. The number of hydrogen-bond donors (Lipinski definition) is 1. The van der Waals surface area contributed by atoms with Crippen LogP contribution in [-0.4, -0.2) is 34.2 Å². The van der Waals surface area contributed by atoms with Crippen LogP contribution in [0.25, 0.3) is 0 Å². The van der Waals surface area contributed by atoms with E-state index in [9.17, 15) is 4.79 Å². The Morgan fingerprint density at radius 3 is 2.87 bits per heavy atom. The SMILES string of the molecule is COCCCCCSc1n[nH]c(=O)n1C. The van der Waals surface area contributed by atoms with E-state index >= 15 is 0 Å². The van der Waals surface area contributed by atoms with Crippen LogP contribution in [0.5, 0.6) is 0 Å². The lowest BCUT2D eigenvalue weighted by Crippen LogP contribution is -2.12. The molecular formula is C9H17N3O2S. The minimum atomic E-state index is -0.156. The Labute approximate surface area is 93.2 Å². The first-order chi connectivity index (χ1) is 7.25. The number of nitrogens with one attached hydrogen (secondary N) is 1. The maximum absolute atomic E-state index is 11.0. The van der Waals surface area contributed by atoms with Crippen LogP contribution in [0.1, 0.15) is 19.3 Å². The Morgan fingerprint density at radius 2 is 2.27 bits per heavy atom. The summed E-state index contributed by atoms with van der Waals surface area (Å²) in [6, 6.07) is 0. The number of ether oxygens (including phenoxy) is 1. The normalized spacial score (nSPS) is 10.8. The van der Waals surface area contributed by atoms with Crippen LogP contribution in [0.4, 0.5) is 0 Å². The summed E-state index contributed by atoms with van der Waals surface area (Å²) in [5, 5.41) is 7.08. The van der Waals surface area contributed by atoms with E-state index < -0.39 is 0 Å². The molecule has 0 atom stereocenters. The second-order valence-electron chi connectivity index (χ2n) is 3.27. The number of nitrogens with zero attached hydrogens (tertiary/aromatic N) is 2. The molecule has 0 bridgehead atoms. The molecule has 1 N–H and O–H groups in total. The highest BCUT2D eigenvalue weighted by Gasteiger charge is 2.03. The molecule has 5 nitrogen and oxygen atoms in total. The molecule has 0 amide bonds. The third-order valence-corrected chi connectivity index (χ3v) is 3.18. The summed E-state index contributed by atoms with van der Waals surface area (Å²) in [6.45, 7) is 0.825. The fourth-order valence-corrected chi connectivity index (χ4v) is 2.07. The van der Waals surface area contributed by atoms with Crippen molar-refractivity contribution in [3.63, 3.8) is 0 Å². The third-order valence-electron chi connectivity index (χ3n) is 2.06. The highest BCUT2D eigenvalue weighted by Crippen LogP contribution is 2.14. The van der Waals surface area contributed by atoms with Gasteiger partial charge in [-0.3, -0.25) is 4.57 Å². The number of H-pyrrole nitrogens is 1. The molecule has 0 aliphatic carbocycles. The number of thioether (sulfide) groups is 1. The van der Waals surface area contributed by atoms with Crippen LogP contribution in [0, 0.1) is 0 Å². The van der Waals surface area contributed by atoms with Gasteiger partial charge in [-0.25, -0.2) is 9.89 Å². The monoisotopic (exact) mass is 231 g/mol. The lowest BCUT2D eigenvalue weighted by molar-refractivity contribution is 0.192. The Bertz CT molecular complexity index is 334. The Hall–Kier alpha value is -0.750. The largest absolute Gasteiger partial charge is 0.385 e. The average molecular weight is 231 g/mol. The molecule has 0 fully saturated rings. The van der Waals surface area contributed by atoms with Crippen molar-refractivity contribution in [2.24, 2.45) is 7.05 Å². The first-order valence-corrected chi connectivity index (χ1v) is 5.97. The van der Waals surface area contributed by atoms with Gasteiger partial charge in [0.1, 0.15) is 0 Å². The highest BCUT2D eigenvalue weighted by atomic mass is 32.2. The fraction of sp³-hybridized carbons (Fsp3) is 0.778. The van der Waals surface area contributed by atoms with E-state index in [2.05, 4.69) is 10.2 Å². The van der Waals surface area contributed by atoms with E-state index in [1.54, 1.807) is 25.9 Å². The Kier molecular flexibility index (Phi) is 5.49. The van der Waals surface area contributed by atoms with Gasteiger partial charge in [-0.15, -0.1) is 5.10 Å². The number of unbranched alkanes of at least 4 members (excludes halogenated alkanes) is 2. The van der Waals surface area contributed by atoms with Crippen molar-refractivity contribution in [3.05, 3.63) is 10.5 Å².